The largest absolute Gasteiger partial charge is 0.337 e. The number of aromatic nitrogens is 5. The van der Waals surface area contributed by atoms with Crippen LogP contribution in [0.4, 0.5) is 0 Å². The Labute approximate surface area is 145 Å². The van der Waals surface area contributed by atoms with Crippen molar-refractivity contribution >= 4 is 5.91 Å². The second-order valence-corrected chi connectivity index (χ2v) is 6.34. The quantitative estimate of drug-likeness (QED) is 0.795. The lowest BCUT2D eigenvalue weighted by molar-refractivity contribution is 0.0693. The zero-order valence-corrected chi connectivity index (χ0v) is 14.1. The second kappa shape index (κ2) is 6.51. The number of benzene rings is 1. The van der Waals surface area contributed by atoms with Gasteiger partial charge >= 0.3 is 0 Å². The third-order valence-corrected chi connectivity index (χ3v) is 4.67. The molecule has 3 heterocycles. The summed E-state index contributed by atoms with van der Waals surface area (Å²) in [6.45, 7) is 1.41. The molecule has 0 aliphatic carbocycles. The van der Waals surface area contributed by atoms with Gasteiger partial charge in [-0.05, 0) is 18.9 Å². The van der Waals surface area contributed by atoms with Crippen molar-refractivity contribution < 1.29 is 4.79 Å². The number of amides is 1. The molecular weight excluding hydrogens is 316 g/mol. The van der Waals surface area contributed by atoms with E-state index in [4.69, 9.17) is 0 Å². The monoisotopic (exact) mass is 336 g/mol. The summed E-state index contributed by atoms with van der Waals surface area (Å²) >= 11 is 0. The first-order chi connectivity index (χ1) is 12.2. The highest BCUT2D eigenvalue weighted by Gasteiger charge is 2.28. The number of carbonyl (C=O) groups excluding carboxylic acids is 1. The molecule has 1 fully saturated rings. The Hall–Kier alpha value is -2.96. The molecule has 0 spiro atoms. The molecule has 1 aromatic carbocycles. The van der Waals surface area contributed by atoms with E-state index in [1.165, 1.54) is 0 Å². The van der Waals surface area contributed by atoms with E-state index in [1.54, 1.807) is 24.0 Å². The van der Waals surface area contributed by atoms with E-state index in [1.807, 2.05) is 35.2 Å². The summed E-state index contributed by atoms with van der Waals surface area (Å²) in [6.07, 6.45) is 3.60. The molecule has 1 aliphatic rings. The van der Waals surface area contributed by atoms with Crippen LogP contribution >= 0.6 is 0 Å². The van der Waals surface area contributed by atoms with E-state index in [9.17, 15) is 4.79 Å². The number of hydrogen-bond donors (Lipinski definition) is 1. The summed E-state index contributed by atoms with van der Waals surface area (Å²) < 4.78 is 1.62. The van der Waals surface area contributed by atoms with Crippen molar-refractivity contribution in [2.75, 3.05) is 13.1 Å². The third kappa shape index (κ3) is 3.05. The molecule has 0 bridgehead atoms. The van der Waals surface area contributed by atoms with E-state index >= 15 is 0 Å². The van der Waals surface area contributed by atoms with Crippen LogP contribution in [0.1, 0.15) is 35.1 Å². The van der Waals surface area contributed by atoms with Gasteiger partial charge in [0, 0.05) is 37.8 Å². The van der Waals surface area contributed by atoms with Crippen LogP contribution in [0.25, 0.3) is 11.4 Å². The van der Waals surface area contributed by atoms with E-state index in [-0.39, 0.29) is 11.8 Å². The van der Waals surface area contributed by atoms with Crippen molar-refractivity contribution in [3.05, 3.63) is 54.1 Å². The molecule has 1 amide bonds. The molecule has 3 aromatic rings. The Balaban J connectivity index is 1.51. The van der Waals surface area contributed by atoms with Crippen molar-refractivity contribution in [1.82, 2.24) is 29.9 Å². The number of aryl methyl sites for hydroxylation is 1. The van der Waals surface area contributed by atoms with E-state index in [2.05, 4.69) is 20.3 Å². The smallest absolute Gasteiger partial charge is 0.272 e. The van der Waals surface area contributed by atoms with Crippen LogP contribution in [0.5, 0.6) is 0 Å². The third-order valence-electron chi connectivity index (χ3n) is 4.67. The van der Waals surface area contributed by atoms with Gasteiger partial charge in [-0.2, -0.15) is 10.2 Å². The van der Waals surface area contributed by atoms with Crippen LogP contribution in [0.15, 0.2) is 42.6 Å². The lowest BCUT2D eigenvalue weighted by Gasteiger charge is -2.31. The molecule has 4 rings (SSSR count). The van der Waals surface area contributed by atoms with Gasteiger partial charge in [0.15, 0.2) is 5.82 Å². The minimum absolute atomic E-state index is 0.0208. The molecule has 7 nitrogen and oxygen atoms in total. The standard InChI is InChI=1S/C18H20N6O/c1-23-15(9-10-19-23)18(25)24-11-5-8-14(12-24)17-20-16(21-22-17)13-6-3-2-4-7-13/h2-4,6-7,9-10,14H,5,8,11-12H2,1H3,(H,20,21,22). The predicted octanol–water partition coefficient (Wildman–Crippen LogP) is 2.23. The number of nitrogens with one attached hydrogen (secondary N) is 1. The summed E-state index contributed by atoms with van der Waals surface area (Å²) in [5.41, 5.74) is 1.60. The van der Waals surface area contributed by atoms with Gasteiger partial charge < -0.3 is 4.90 Å². The van der Waals surface area contributed by atoms with Crippen LogP contribution in [0, 0.1) is 0 Å². The molecular formula is C18H20N6O. The molecule has 1 unspecified atom stereocenters. The maximum Gasteiger partial charge on any atom is 0.272 e. The van der Waals surface area contributed by atoms with Crippen LogP contribution in [-0.4, -0.2) is 48.9 Å². The lowest BCUT2D eigenvalue weighted by Crippen LogP contribution is -2.40. The number of rotatable bonds is 3. The van der Waals surface area contributed by atoms with Crippen molar-refractivity contribution in [3.8, 4) is 11.4 Å². The van der Waals surface area contributed by atoms with Gasteiger partial charge in [0.1, 0.15) is 11.5 Å². The van der Waals surface area contributed by atoms with Crippen molar-refractivity contribution in [2.45, 2.75) is 18.8 Å². The zero-order valence-electron chi connectivity index (χ0n) is 14.1. The van der Waals surface area contributed by atoms with E-state index < -0.39 is 0 Å². The van der Waals surface area contributed by atoms with E-state index in [0.717, 1.165) is 30.8 Å². The number of carbonyl (C=O) groups is 1. The fourth-order valence-electron chi connectivity index (χ4n) is 3.30. The SMILES string of the molecule is Cn1nccc1C(=O)N1CCCC(c2nc(-c3ccccc3)n[nH]2)C1. The van der Waals surface area contributed by atoms with Gasteiger partial charge in [0.25, 0.3) is 5.91 Å². The molecule has 1 saturated heterocycles. The average Bonchev–Trinajstić information content (AvgIpc) is 3.31. The van der Waals surface area contributed by atoms with Gasteiger partial charge in [-0.3, -0.25) is 14.6 Å². The fourth-order valence-corrected chi connectivity index (χ4v) is 3.30. The Morgan fingerprint density at radius 3 is 2.84 bits per heavy atom. The van der Waals surface area contributed by atoms with Crippen LogP contribution < -0.4 is 0 Å². The van der Waals surface area contributed by atoms with Gasteiger partial charge in [0.2, 0.25) is 0 Å². The number of nitrogens with zero attached hydrogens (tertiary/aromatic N) is 5. The number of aromatic amines is 1. The maximum atomic E-state index is 12.7. The number of H-pyrrole nitrogens is 1. The van der Waals surface area contributed by atoms with Crippen LogP contribution in [0.3, 0.4) is 0 Å². The summed E-state index contributed by atoms with van der Waals surface area (Å²) in [5.74, 6) is 1.75. The molecule has 1 atom stereocenters. The molecule has 1 N–H and O–H groups in total. The van der Waals surface area contributed by atoms with Crippen LogP contribution in [-0.2, 0) is 7.05 Å². The number of likely N-dealkylation sites (tertiary alicyclic amines) is 1. The predicted molar refractivity (Wildman–Crippen MR) is 92.9 cm³/mol. The van der Waals surface area contributed by atoms with Gasteiger partial charge in [0.05, 0.1) is 0 Å². The Morgan fingerprint density at radius 1 is 1.24 bits per heavy atom. The maximum absolute atomic E-state index is 12.7. The molecule has 25 heavy (non-hydrogen) atoms. The summed E-state index contributed by atoms with van der Waals surface area (Å²) in [5, 5.41) is 11.5. The highest BCUT2D eigenvalue weighted by atomic mass is 16.2. The molecule has 0 radical (unpaired) electrons. The summed E-state index contributed by atoms with van der Waals surface area (Å²) in [6, 6.07) is 11.7. The Bertz CT molecular complexity index is 869. The van der Waals surface area contributed by atoms with Crippen molar-refractivity contribution in [2.24, 2.45) is 7.05 Å². The zero-order chi connectivity index (χ0) is 17.2. The minimum atomic E-state index is 0.0208. The number of hydrogen-bond acceptors (Lipinski definition) is 4. The van der Waals surface area contributed by atoms with E-state index in [0.29, 0.717) is 18.1 Å². The van der Waals surface area contributed by atoms with Gasteiger partial charge in [-0.1, -0.05) is 30.3 Å². The highest BCUT2D eigenvalue weighted by Crippen LogP contribution is 2.26. The fraction of sp³-hybridized carbons (Fsp3) is 0.333. The lowest BCUT2D eigenvalue weighted by atomic mass is 9.97. The number of piperidine rings is 1. The minimum Gasteiger partial charge on any atom is -0.337 e. The average molecular weight is 336 g/mol. The van der Waals surface area contributed by atoms with Gasteiger partial charge in [-0.25, -0.2) is 4.98 Å². The molecule has 0 saturated carbocycles. The van der Waals surface area contributed by atoms with Crippen LogP contribution in [0.2, 0.25) is 0 Å². The van der Waals surface area contributed by atoms with Crippen molar-refractivity contribution in [1.29, 1.82) is 0 Å². The first-order valence-electron chi connectivity index (χ1n) is 8.47. The first-order valence-corrected chi connectivity index (χ1v) is 8.47. The molecule has 1 aliphatic heterocycles. The molecule has 7 heteroatoms. The summed E-state index contributed by atoms with van der Waals surface area (Å²) in [4.78, 5) is 19.2. The normalized spacial score (nSPS) is 17.6. The first kappa shape index (κ1) is 15.6. The van der Waals surface area contributed by atoms with Crippen molar-refractivity contribution in [3.63, 3.8) is 0 Å². The second-order valence-electron chi connectivity index (χ2n) is 6.34. The topological polar surface area (TPSA) is 79.7 Å². The Morgan fingerprint density at radius 2 is 2.08 bits per heavy atom. The summed E-state index contributed by atoms with van der Waals surface area (Å²) in [7, 11) is 1.79. The molecule has 2 aromatic heterocycles. The highest BCUT2D eigenvalue weighted by molar-refractivity contribution is 5.92. The Kier molecular flexibility index (Phi) is 4.05. The van der Waals surface area contributed by atoms with Gasteiger partial charge in [-0.15, -0.1) is 0 Å². The molecule has 128 valence electrons.